The van der Waals surface area contributed by atoms with Gasteiger partial charge in [-0.1, -0.05) is 24.3 Å². The third-order valence-corrected chi connectivity index (χ3v) is 9.78. The number of aryl methyl sites for hydroxylation is 1. The summed E-state index contributed by atoms with van der Waals surface area (Å²) in [4.78, 5) is 50.0. The average Bonchev–Trinajstić information content (AvgIpc) is 3.85. The fraction of sp³-hybridized carbons (Fsp3) is 0.344. The molecule has 0 spiro atoms. The second kappa shape index (κ2) is 11.9. The highest BCUT2D eigenvalue weighted by atomic mass is 32.1. The highest BCUT2D eigenvalue weighted by Gasteiger charge is 2.42. The molecule has 238 valence electrons. The van der Waals surface area contributed by atoms with E-state index in [9.17, 15) is 32.7 Å². The van der Waals surface area contributed by atoms with Crippen molar-refractivity contribution in [3.05, 3.63) is 87.9 Å². The van der Waals surface area contributed by atoms with Crippen LogP contribution in [0.25, 0.3) is 11.1 Å². The Balaban J connectivity index is 1.20. The normalized spacial score (nSPS) is 19.8. The number of halogens is 3. The molecule has 1 unspecified atom stereocenters. The average molecular weight is 651 g/mol. The molecule has 0 radical (unpaired) electrons. The van der Waals surface area contributed by atoms with Crippen molar-refractivity contribution >= 4 is 34.4 Å². The lowest BCUT2D eigenvalue weighted by atomic mass is 9.87. The van der Waals surface area contributed by atoms with Crippen molar-refractivity contribution in [2.45, 2.75) is 56.9 Å². The van der Waals surface area contributed by atoms with Crippen LogP contribution in [0.3, 0.4) is 0 Å². The summed E-state index contributed by atoms with van der Waals surface area (Å²) in [6.07, 6.45) is -0.363. The van der Waals surface area contributed by atoms with Gasteiger partial charge in [-0.25, -0.2) is 27.9 Å². The third kappa shape index (κ3) is 5.29. The van der Waals surface area contributed by atoms with Gasteiger partial charge in [-0.2, -0.15) is 0 Å². The van der Waals surface area contributed by atoms with E-state index < -0.39 is 42.5 Å². The number of likely N-dealkylation sites (tertiary alicyclic amines) is 1. The fourth-order valence-electron chi connectivity index (χ4n) is 6.81. The quantitative estimate of drug-likeness (QED) is 0.252. The molecule has 1 saturated heterocycles. The van der Waals surface area contributed by atoms with E-state index in [4.69, 9.17) is 0 Å². The van der Waals surface area contributed by atoms with E-state index in [-0.39, 0.29) is 36.3 Å². The summed E-state index contributed by atoms with van der Waals surface area (Å²) >= 11 is 1.22. The highest BCUT2D eigenvalue weighted by Crippen LogP contribution is 2.41. The van der Waals surface area contributed by atoms with Crippen molar-refractivity contribution in [1.29, 1.82) is 0 Å². The van der Waals surface area contributed by atoms with E-state index >= 15 is 0 Å². The predicted molar refractivity (Wildman–Crippen MR) is 163 cm³/mol. The minimum Gasteiger partial charge on any atom is -0.465 e. The fourth-order valence-corrected chi connectivity index (χ4v) is 7.34. The van der Waals surface area contributed by atoms with Gasteiger partial charge in [-0.15, -0.1) is 11.3 Å². The molecule has 2 N–H and O–H groups in total. The van der Waals surface area contributed by atoms with Crippen LogP contribution >= 0.6 is 11.3 Å². The summed E-state index contributed by atoms with van der Waals surface area (Å²) in [7, 11) is 0. The van der Waals surface area contributed by atoms with Gasteiger partial charge in [0.25, 0.3) is 18.2 Å². The minimum absolute atomic E-state index is 0.0876. The molecular formula is C32H29F3N6O4S. The first-order chi connectivity index (χ1) is 22.2. The van der Waals surface area contributed by atoms with Crippen molar-refractivity contribution in [3.63, 3.8) is 0 Å². The summed E-state index contributed by atoms with van der Waals surface area (Å²) in [5, 5.41) is 14.0. The van der Waals surface area contributed by atoms with Gasteiger partial charge in [0.15, 0.2) is 11.2 Å². The molecule has 14 heteroatoms. The number of piperidine rings is 1. The monoisotopic (exact) mass is 650 g/mol. The van der Waals surface area contributed by atoms with Crippen LogP contribution in [0.4, 0.5) is 23.1 Å². The first-order valence-corrected chi connectivity index (χ1v) is 15.8. The van der Waals surface area contributed by atoms with E-state index in [1.807, 2.05) is 4.57 Å². The zero-order chi connectivity index (χ0) is 32.1. The molecule has 3 aliphatic rings. The van der Waals surface area contributed by atoms with Crippen molar-refractivity contribution in [1.82, 2.24) is 24.3 Å². The number of hydrogen-bond acceptors (Lipinski definition) is 6. The maximum absolute atomic E-state index is 14.9. The largest absolute Gasteiger partial charge is 0.465 e. The number of alkyl halides is 3. The molecule has 46 heavy (non-hydrogen) atoms. The van der Waals surface area contributed by atoms with E-state index in [0.29, 0.717) is 40.4 Å². The molecule has 7 rings (SSSR count). The van der Waals surface area contributed by atoms with Gasteiger partial charge in [0.2, 0.25) is 0 Å². The number of rotatable bonds is 7. The Hall–Kier alpha value is -4.72. The number of anilines is 1. The number of fused-ring (bicyclic) bond motifs is 2. The Bertz CT molecular complexity index is 1810. The number of carbonyl (C=O) groups is 3. The van der Waals surface area contributed by atoms with Gasteiger partial charge in [-0.3, -0.25) is 14.9 Å². The molecule has 5 heterocycles. The summed E-state index contributed by atoms with van der Waals surface area (Å²) in [6.45, 7) is 0.548. The lowest BCUT2D eigenvalue weighted by molar-refractivity contribution is -0.121. The van der Waals surface area contributed by atoms with Gasteiger partial charge < -0.3 is 19.5 Å². The topological polar surface area (TPSA) is 121 Å². The Morgan fingerprint density at radius 2 is 1.89 bits per heavy atom. The zero-order valence-corrected chi connectivity index (χ0v) is 25.2. The van der Waals surface area contributed by atoms with Gasteiger partial charge >= 0.3 is 6.09 Å². The Morgan fingerprint density at radius 3 is 2.59 bits per heavy atom. The van der Waals surface area contributed by atoms with Crippen molar-refractivity contribution in [2.24, 2.45) is 0 Å². The SMILES string of the molecule is O=C(Nc1nccs1)C(c1ncn2c1CCC2)N1Cc2c(cc(-c3ccc([C@H]4CCN(C(=O)O)C[C@@H]4F)cc3)cc2C(F)F)C1=O. The molecule has 0 bridgehead atoms. The summed E-state index contributed by atoms with van der Waals surface area (Å²) < 4.78 is 45.9. The summed E-state index contributed by atoms with van der Waals surface area (Å²) in [5.74, 6) is -1.58. The van der Waals surface area contributed by atoms with Gasteiger partial charge in [0.05, 0.1) is 18.6 Å². The van der Waals surface area contributed by atoms with Crippen molar-refractivity contribution in [2.75, 3.05) is 18.4 Å². The highest BCUT2D eigenvalue weighted by molar-refractivity contribution is 7.13. The molecule has 2 aromatic heterocycles. The van der Waals surface area contributed by atoms with Crippen LogP contribution in [-0.2, 0) is 24.3 Å². The van der Waals surface area contributed by atoms with Crippen molar-refractivity contribution < 1.29 is 32.7 Å². The summed E-state index contributed by atoms with van der Waals surface area (Å²) in [6, 6.07) is 8.58. The maximum Gasteiger partial charge on any atom is 0.407 e. The molecule has 0 saturated carbocycles. The predicted octanol–water partition coefficient (Wildman–Crippen LogP) is 6.03. The van der Waals surface area contributed by atoms with E-state index in [1.165, 1.54) is 22.3 Å². The van der Waals surface area contributed by atoms with Gasteiger partial charge in [0, 0.05) is 53.9 Å². The van der Waals surface area contributed by atoms with E-state index in [0.717, 1.165) is 23.6 Å². The van der Waals surface area contributed by atoms with Crippen LogP contribution in [0, 0.1) is 0 Å². The second-order valence-corrected chi connectivity index (χ2v) is 12.6. The van der Waals surface area contributed by atoms with Gasteiger partial charge in [0.1, 0.15) is 6.17 Å². The Morgan fingerprint density at radius 1 is 1.09 bits per heavy atom. The standard InChI is InChI=1S/C32H29F3N6O4S/c33-24-15-39(32(44)45)10-7-20(24)18-5-3-17(4-6-18)19-12-21(28(34)35)23-14-41(30(43)22(23)13-19)27(29(42)38-31-36-8-11-46-31)26-25-2-1-9-40(25)16-37-26/h3-6,8,11-13,16,20,24,27-28H,1-2,7,9-10,14-15H2,(H,44,45)(H,36,38,42)/t20-,24+,27?/m1/s1. The molecule has 2 aromatic carbocycles. The van der Waals surface area contributed by atoms with Crippen LogP contribution in [0.5, 0.6) is 0 Å². The number of carbonyl (C=O) groups excluding carboxylic acids is 2. The first-order valence-electron chi connectivity index (χ1n) is 14.9. The number of amides is 3. The number of carboxylic acid groups (broad SMARTS) is 1. The van der Waals surface area contributed by atoms with Crippen LogP contribution in [0.1, 0.15) is 69.7 Å². The number of imidazole rings is 1. The van der Waals surface area contributed by atoms with Gasteiger partial charge in [-0.05, 0) is 53.6 Å². The Kier molecular flexibility index (Phi) is 7.75. The first kappa shape index (κ1) is 30.0. The number of thiazole rings is 1. The lowest BCUT2D eigenvalue weighted by Gasteiger charge is -2.33. The number of benzene rings is 2. The molecule has 10 nitrogen and oxygen atoms in total. The number of nitrogens with zero attached hydrogens (tertiary/aromatic N) is 5. The summed E-state index contributed by atoms with van der Waals surface area (Å²) in [5.41, 5.74) is 2.83. The molecular weight excluding hydrogens is 621 g/mol. The molecule has 3 atom stereocenters. The smallest absolute Gasteiger partial charge is 0.407 e. The van der Waals surface area contributed by atoms with Crippen LogP contribution in [-0.4, -0.2) is 66.6 Å². The van der Waals surface area contributed by atoms with Crippen LogP contribution < -0.4 is 5.32 Å². The second-order valence-electron chi connectivity index (χ2n) is 11.7. The molecule has 3 amide bonds. The lowest BCUT2D eigenvalue weighted by Crippen LogP contribution is -2.43. The number of aromatic nitrogens is 3. The molecule has 4 aromatic rings. The van der Waals surface area contributed by atoms with Crippen molar-refractivity contribution in [3.8, 4) is 11.1 Å². The third-order valence-electron chi connectivity index (χ3n) is 9.10. The molecule has 1 fully saturated rings. The molecule has 3 aliphatic heterocycles. The number of hydrogen-bond donors (Lipinski definition) is 2. The Labute approximate surface area is 265 Å². The van der Waals surface area contributed by atoms with E-state index in [2.05, 4.69) is 15.3 Å². The molecule has 0 aliphatic carbocycles. The maximum atomic E-state index is 14.9. The van der Waals surface area contributed by atoms with Crippen LogP contribution in [0.2, 0.25) is 0 Å². The van der Waals surface area contributed by atoms with Crippen LogP contribution in [0.15, 0.2) is 54.3 Å². The van der Waals surface area contributed by atoms with E-state index in [1.54, 1.807) is 48.2 Å². The number of nitrogens with one attached hydrogen (secondary N) is 1. The zero-order valence-electron chi connectivity index (χ0n) is 24.4. The minimum atomic E-state index is -2.88.